The number of ketones is 1. The first kappa shape index (κ1) is 32.4. The third kappa shape index (κ3) is 10.7. The van der Waals surface area contributed by atoms with E-state index in [1.807, 2.05) is 0 Å². The number of carbonyl (C=O) groups excluding carboxylic acids is 3. The Morgan fingerprint density at radius 1 is 0.946 bits per heavy atom. The summed E-state index contributed by atoms with van der Waals surface area (Å²) in [5, 5.41) is 54.3. The van der Waals surface area contributed by atoms with Crippen LogP contribution in [0.15, 0.2) is 30.3 Å². The van der Waals surface area contributed by atoms with Gasteiger partial charge in [-0.15, -0.1) is 0 Å². The van der Waals surface area contributed by atoms with E-state index in [2.05, 4.69) is 10.6 Å². The maximum absolute atomic E-state index is 12.5. The van der Waals surface area contributed by atoms with Crippen molar-refractivity contribution < 1.29 is 44.7 Å². The number of nitrogens with one attached hydrogen (secondary N) is 2. The molecule has 0 fully saturated rings. The fraction of sp³-hybridized carbons (Fsp3) is 0.565. The zero-order valence-electron chi connectivity index (χ0n) is 20.4. The molecule has 14 heteroatoms. The molecule has 0 unspecified atom stereocenters. The molecule has 11 N–H and O–H groups in total. The number of carboxylic acid groups (broad SMARTS) is 1. The van der Waals surface area contributed by atoms with Crippen LogP contribution in [-0.4, -0.2) is 104 Å². The Bertz CT molecular complexity index is 892. The van der Waals surface area contributed by atoms with Crippen molar-refractivity contribution in [2.24, 2.45) is 11.5 Å². The van der Waals surface area contributed by atoms with Gasteiger partial charge in [-0.1, -0.05) is 30.3 Å². The van der Waals surface area contributed by atoms with E-state index in [0.717, 1.165) is 0 Å². The largest absolute Gasteiger partial charge is 0.481 e. The predicted molar refractivity (Wildman–Crippen MR) is 135 cm³/mol. The second-order valence-corrected chi connectivity index (χ2v) is 9.38. The summed E-state index contributed by atoms with van der Waals surface area (Å²) >= 11 is 1.39. The monoisotopic (exact) mass is 544 g/mol. The second-order valence-electron chi connectivity index (χ2n) is 8.47. The Balaban J connectivity index is 2.75. The summed E-state index contributed by atoms with van der Waals surface area (Å²) in [5.41, 5.74) is 11.9. The molecule has 1 aromatic carbocycles. The summed E-state index contributed by atoms with van der Waals surface area (Å²) in [7, 11) is 0. The highest BCUT2D eigenvalue weighted by atomic mass is 32.2. The van der Waals surface area contributed by atoms with Crippen LogP contribution in [0.3, 0.4) is 0 Å². The molecular formula is C23H36N4O9S. The average molecular weight is 545 g/mol. The number of hydrogen-bond acceptors (Lipinski definition) is 11. The maximum Gasteiger partial charge on any atom is 0.305 e. The SMILES string of the molecule is CSC[C@H](N)C(=O)CC[C@H](N)C(=O)N[C@@H](CO)[C@@H](O)[C@@H](O)[C@H](O)C(=O)N[C@@H](CC(=O)O)c1ccccc1. The van der Waals surface area contributed by atoms with Gasteiger partial charge in [0, 0.05) is 12.2 Å². The van der Waals surface area contributed by atoms with Crippen molar-refractivity contribution in [3.8, 4) is 0 Å². The van der Waals surface area contributed by atoms with Gasteiger partial charge in [-0.3, -0.25) is 19.2 Å². The smallest absolute Gasteiger partial charge is 0.305 e. The quantitative estimate of drug-likeness (QED) is 0.0968. The Hall–Kier alpha value is -2.59. The van der Waals surface area contributed by atoms with Crippen molar-refractivity contribution >= 4 is 35.3 Å². The van der Waals surface area contributed by atoms with E-state index in [0.29, 0.717) is 11.3 Å². The Kier molecular flexibility index (Phi) is 14.3. The first-order valence-electron chi connectivity index (χ1n) is 11.5. The van der Waals surface area contributed by atoms with Crippen LogP contribution in [0.25, 0.3) is 0 Å². The lowest BCUT2D eigenvalue weighted by atomic mass is 9.98. The highest BCUT2D eigenvalue weighted by Crippen LogP contribution is 2.17. The lowest BCUT2D eigenvalue weighted by Crippen LogP contribution is -2.58. The lowest BCUT2D eigenvalue weighted by Gasteiger charge is -2.30. The van der Waals surface area contributed by atoms with Gasteiger partial charge in [-0.05, 0) is 18.2 Å². The second kappa shape index (κ2) is 16.3. The Morgan fingerprint density at radius 3 is 2.11 bits per heavy atom. The summed E-state index contributed by atoms with van der Waals surface area (Å²) in [5.74, 6) is -3.12. The molecule has 0 aromatic heterocycles. The summed E-state index contributed by atoms with van der Waals surface area (Å²) in [6.45, 7) is -0.881. The number of aliphatic hydroxyl groups excluding tert-OH is 4. The minimum Gasteiger partial charge on any atom is -0.481 e. The molecule has 7 atom stereocenters. The zero-order valence-corrected chi connectivity index (χ0v) is 21.2. The van der Waals surface area contributed by atoms with Crippen molar-refractivity contribution in [3.05, 3.63) is 35.9 Å². The number of carbonyl (C=O) groups is 4. The topological polar surface area (TPSA) is 246 Å². The number of thioether (sulfide) groups is 1. The highest BCUT2D eigenvalue weighted by molar-refractivity contribution is 7.98. The minimum absolute atomic E-state index is 0.0565. The highest BCUT2D eigenvalue weighted by Gasteiger charge is 2.37. The summed E-state index contributed by atoms with van der Waals surface area (Å²) < 4.78 is 0. The van der Waals surface area contributed by atoms with Gasteiger partial charge in [0.2, 0.25) is 5.91 Å². The van der Waals surface area contributed by atoms with E-state index >= 15 is 0 Å². The van der Waals surface area contributed by atoms with E-state index in [9.17, 15) is 39.6 Å². The van der Waals surface area contributed by atoms with Crippen LogP contribution in [0, 0.1) is 0 Å². The van der Waals surface area contributed by atoms with Gasteiger partial charge in [-0.2, -0.15) is 11.8 Å². The van der Waals surface area contributed by atoms with Crippen LogP contribution >= 0.6 is 11.8 Å². The van der Waals surface area contributed by atoms with Crippen LogP contribution in [0.2, 0.25) is 0 Å². The van der Waals surface area contributed by atoms with E-state index in [1.165, 1.54) is 11.8 Å². The molecule has 0 aliphatic rings. The minimum atomic E-state index is -2.23. The van der Waals surface area contributed by atoms with Crippen LogP contribution < -0.4 is 22.1 Å². The Morgan fingerprint density at radius 2 is 1.57 bits per heavy atom. The van der Waals surface area contributed by atoms with Crippen molar-refractivity contribution in [2.45, 2.75) is 61.7 Å². The molecule has 2 amide bonds. The lowest BCUT2D eigenvalue weighted by molar-refractivity contribution is -0.145. The molecule has 0 radical (unpaired) electrons. The Labute approximate surface area is 218 Å². The number of rotatable bonds is 17. The third-order valence-electron chi connectivity index (χ3n) is 5.57. The molecule has 0 saturated carbocycles. The first-order valence-corrected chi connectivity index (χ1v) is 12.9. The number of amides is 2. The predicted octanol–water partition coefficient (Wildman–Crippen LogP) is -2.75. The van der Waals surface area contributed by atoms with Crippen LogP contribution in [0.5, 0.6) is 0 Å². The van der Waals surface area contributed by atoms with Crippen molar-refractivity contribution in [3.63, 3.8) is 0 Å². The van der Waals surface area contributed by atoms with E-state index in [4.69, 9.17) is 16.6 Å². The zero-order chi connectivity index (χ0) is 28.1. The molecule has 0 heterocycles. The number of aliphatic hydroxyl groups is 4. The van der Waals surface area contributed by atoms with Gasteiger partial charge >= 0.3 is 5.97 Å². The molecule has 208 valence electrons. The molecule has 0 aliphatic heterocycles. The summed E-state index contributed by atoms with van der Waals surface area (Å²) in [4.78, 5) is 48.0. The van der Waals surface area contributed by atoms with E-state index in [1.54, 1.807) is 36.6 Å². The molecule has 0 bridgehead atoms. The van der Waals surface area contributed by atoms with Crippen molar-refractivity contribution in [1.82, 2.24) is 10.6 Å². The summed E-state index contributed by atoms with van der Waals surface area (Å²) in [6, 6.07) is 3.62. The van der Waals surface area contributed by atoms with Gasteiger partial charge in [-0.25, -0.2) is 0 Å². The van der Waals surface area contributed by atoms with Gasteiger partial charge in [0.1, 0.15) is 18.0 Å². The first-order chi connectivity index (χ1) is 17.4. The molecule has 1 rings (SSSR count). The molecular weight excluding hydrogens is 508 g/mol. The fourth-order valence-corrected chi connectivity index (χ4v) is 3.91. The van der Waals surface area contributed by atoms with Crippen LogP contribution in [0.1, 0.15) is 30.9 Å². The van der Waals surface area contributed by atoms with Gasteiger partial charge in [0.25, 0.3) is 5.91 Å². The third-order valence-corrected chi connectivity index (χ3v) is 6.27. The number of nitrogens with two attached hydrogens (primary N) is 2. The normalized spacial score (nSPS) is 16.9. The number of aliphatic carboxylic acids is 1. The molecule has 0 aliphatic carbocycles. The van der Waals surface area contributed by atoms with Crippen molar-refractivity contribution in [2.75, 3.05) is 18.6 Å². The number of carboxylic acids is 1. The van der Waals surface area contributed by atoms with Gasteiger partial charge in [0.05, 0.1) is 37.2 Å². The molecule has 1 aromatic rings. The standard InChI is InChI=1S/C23H36N4O9S/c1-37-11-14(25)17(29)8-7-13(24)22(35)27-16(10-28)19(32)20(33)21(34)23(36)26-15(9-18(30)31)12-5-3-2-4-6-12/h2-6,13-16,19-21,28,32-34H,7-11,24-25H2,1H3,(H,26,36)(H,27,35)(H,30,31)/t13-,14-,15-,16-,19+,20+,21-/m0/s1. The summed E-state index contributed by atoms with van der Waals surface area (Å²) in [6.07, 6.45) is -5.25. The fourth-order valence-electron chi connectivity index (χ4n) is 3.36. The number of benzene rings is 1. The number of Topliss-reactive ketones (excluding diaryl/α,β-unsaturated/α-hetero) is 1. The van der Waals surface area contributed by atoms with E-state index < -0.39 is 73.3 Å². The van der Waals surface area contributed by atoms with Gasteiger partial charge < -0.3 is 47.6 Å². The average Bonchev–Trinajstić information content (AvgIpc) is 2.88. The van der Waals surface area contributed by atoms with Crippen LogP contribution in [0.4, 0.5) is 0 Å². The van der Waals surface area contributed by atoms with Crippen molar-refractivity contribution in [1.29, 1.82) is 0 Å². The van der Waals surface area contributed by atoms with Gasteiger partial charge in [0.15, 0.2) is 6.10 Å². The maximum atomic E-state index is 12.5. The van der Waals surface area contributed by atoms with E-state index in [-0.39, 0.29) is 18.6 Å². The molecule has 13 nitrogen and oxygen atoms in total. The number of hydrogen-bond donors (Lipinski definition) is 9. The molecule has 0 spiro atoms. The molecule has 0 saturated heterocycles. The van der Waals surface area contributed by atoms with Crippen LogP contribution in [-0.2, 0) is 19.2 Å². The molecule has 37 heavy (non-hydrogen) atoms.